The van der Waals surface area contributed by atoms with E-state index in [1.54, 1.807) is 6.20 Å². The van der Waals surface area contributed by atoms with Gasteiger partial charge < -0.3 is 15.8 Å². The summed E-state index contributed by atoms with van der Waals surface area (Å²) in [5.41, 5.74) is 4.93. The molecular weight excluding hydrogens is 120 g/mol. The summed E-state index contributed by atoms with van der Waals surface area (Å²) in [4.78, 5) is 10.4. The second-order valence-electron chi connectivity index (χ2n) is 1.74. The molecule has 1 amide bonds. The first kappa shape index (κ1) is 5.94. The molecule has 1 aliphatic rings. The Kier molecular flexibility index (Phi) is 1.58. The molecule has 0 saturated carbocycles. The lowest BCUT2D eigenvalue weighted by molar-refractivity contribution is -0.126. The van der Waals surface area contributed by atoms with E-state index < -0.39 is 12.0 Å². The van der Waals surface area contributed by atoms with Crippen molar-refractivity contribution in [3.05, 3.63) is 12.5 Å². The number of rotatable bonds is 1. The van der Waals surface area contributed by atoms with Crippen molar-refractivity contribution in [2.75, 3.05) is 6.54 Å². The summed E-state index contributed by atoms with van der Waals surface area (Å²) in [6, 6.07) is 0. The number of hydrogen-bond donors (Lipinski definition) is 2. The van der Waals surface area contributed by atoms with Gasteiger partial charge in [-0.2, -0.15) is 0 Å². The van der Waals surface area contributed by atoms with Crippen LogP contribution in [0.4, 0.5) is 0 Å². The monoisotopic (exact) mass is 128 g/mol. The van der Waals surface area contributed by atoms with Gasteiger partial charge >= 0.3 is 0 Å². The molecule has 0 aromatic rings. The van der Waals surface area contributed by atoms with Crippen LogP contribution in [-0.4, -0.2) is 18.6 Å². The lowest BCUT2D eigenvalue weighted by atomic mass is 10.3. The number of amides is 1. The van der Waals surface area contributed by atoms with E-state index in [-0.39, 0.29) is 0 Å². The predicted octanol–water partition coefficient (Wildman–Crippen LogP) is -1.07. The van der Waals surface area contributed by atoms with Crippen molar-refractivity contribution in [2.24, 2.45) is 5.73 Å². The van der Waals surface area contributed by atoms with E-state index >= 15 is 0 Å². The number of carbonyl (C=O) groups excluding carboxylic acids is 1. The molecule has 1 rings (SSSR count). The molecule has 1 unspecified atom stereocenters. The zero-order valence-electron chi connectivity index (χ0n) is 4.83. The highest BCUT2D eigenvalue weighted by Crippen LogP contribution is 1.94. The Balaban J connectivity index is 2.44. The first-order valence-electron chi connectivity index (χ1n) is 2.64. The SMILES string of the molecule is NC(=O)C1CNC=CO1. The van der Waals surface area contributed by atoms with Gasteiger partial charge in [0.05, 0.1) is 12.8 Å². The molecule has 0 spiro atoms. The van der Waals surface area contributed by atoms with Gasteiger partial charge in [0.1, 0.15) is 0 Å². The van der Waals surface area contributed by atoms with Gasteiger partial charge in [-0.15, -0.1) is 0 Å². The lowest BCUT2D eigenvalue weighted by Crippen LogP contribution is -2.39. The van der Waals surface area contributed by atoms with Gasteiger partial charge in [-0.1, -0.05) is 0 Å². The fraction of sp³-hybridized carbons (Fsp3) is 0.400. The van der Waals surface area contributed by atoms with Crippen molar-refractivity contribution in [2.45, 2.75) is 6.10 Å². The topological polar surface area (TPSA) is 64.4 Å². The van der Waals surface area contributed by atoms with Gasteiger partial charge in [-0.05, 0) is 0 Å². The summed E-state index contributed by atoms with van der Waals surface area (Å²) in [5.74, 6) is -0.438. The van der Waals surface area contributed by atoms with Crippen LogP contribution in [0.1, 0.15) is 0 Å². The maximum absolute atomic E-state index is 10.4. The largest absolute Gasteiger partial charge is 0.485 e. The maximum Gasteiger partial charge on any atom is 0.260 e. The number of primary amides is 1. The van der Waals surface area contributed by atoms with Crippen molar-refractivity contribution in [3.63, 3.8) is 0 Å². The molecule has 50 valence electrons. The number of nitrogens with two attached hydrogens (primary N) is 1. The molecule has 0 bridgehead atoms. The molecule has 1 atom stereocenters. The predicted molar refractivity (Wildman–Crippen MR) is 31.2 cm³/mol. The second kappa shape index (κ2) is 2.39. The van der Waals surface area contributed by atoms with Crippen LogP contribution in [0.5, 0.6) is 0 Å². The van der Waals surface area contributed by atoms with E-state index in [1.165, 1.54) is 6.26 Å². The van der Waals surface area contributed by atoms with Gasteiger partial charge in [-0.25, -0.2) is 0 Å². The molecule has 9 heavy (non-hydrogen) atoms. The highest BCUT2D eigenvalue weighted by Gasteiger charge is 2.15. The van der Waals surface area contributed by atoms with Crippen LogP contribution >= 0.6 is 0 Å². The van der Waals surface area contributed by atoms with Crippen molar-refractivity contribution >= 4 is 5.91 Å². The zero-order chi connectivity index (χ0) is 6.69. The Morgan fingerprint density at radius 3 is 3.00 bits per heavy atom. The molecule has 0 aromatic heterocycles. The zero-order valence-corrected chi connectivity index (χ0v) is 4.83. The van der Waals surface area contributed by atoms with E-state index in [4.69, 9.17) is 10.5 Å². The molecular formula is C5H8N2O2. The standard InChI is InChI=1S/C5H8N2O2/c6-5(8)4-3-7-1-2-9-4/h1-2,4,7H,3H2,(H2,6,8). The van der Waals surface area contributed by atoms with Crippen LogP contribution in [0.2, 0.25) is 0 Å². The fourth-order valence-corrected chi connectivity index (χ4v) is 0.573. The van der Waals surface area contributed by atoms with E-state index in [1.807, 2.05) is 0 Å². The summed E-state index contributed by atoms with van der Waals surface area (Å²) >= 11 is 0. The van der Waals surface area contributed by atoms with Crippen LogP contribution < -0.4 is 11.1 Å². The van der Waals surface area contributed by atoms with Crippen LogP contribution in [0.3, 0.4) is 0 Å². The van der Waals surface area contributed by atoms with Crippen LogP contribution in [-0.2, 0) is 9.53 Å². The van der Waals surface area contributed by atoms with Gasteiger partial charge in [0, 0.05) is 6.20 Å². The third-order valence-electron chi connectivity index (χ3n) is 1.05. The normalized spacial score (nSPS) is 24.2. The first-order chi connectivity index (χ1) is 4.30. The van der Waals surface area contributed by atoms with Crippen LogP contribution in [0, 0.1) is 0 Å². The molecule has 0 saturated heterocycles. The quantitative estimate of drug-likeness (QED) is 0.472. The maximum atomic E-state index is 10.4. The lowest BCUT2D eigenvalue weighted by Gasteiger charge is -2.16. The van der Waals surface area contributed by atoms with E-state index in [2.05, 4.69) is 5.32 Å². The highest BCUT2D eigenvalue weighted by atomic mass is 16.5. The van der Waals surface area contributed by atoms with Gasteiger partial charge in [0.2, 0.25) is 0 Å². The summed E-state index contributed by atoms with van der Waals surface area (Å²) in [6.07, 6.45) is 2.54. The van der Waals surface area contributed by atoms with Gasteiger partial charge in [0.25, 0.3) is 5.91 Å². The molecule has 3 N–H and O–H groups in total. The molecule has 0 aliphatic carbocycles. The second-order valence-corrected chi connectivity index (χ2v) is 1.74. The number of hydrogen-bond acceptors (Lipinski definition) is 3. The molecule has 1 aliphatic heterocycles. The highest BCUT2D eigenvalue weighted by molar-refractivity contribution is 5.79. The Morgan fingerprint density at radius 2 is 2.67 bits per heavy atom. The molecule has 4 heteroatoms. The van der Waals surface area contributed by atoms with Crippen molar-refractivity contribution < 1.29 is 9.53 Å². The van der Waals surface area contributed by atoms with E-state index in [9.17, 15) is 4.79 Å². The van der Waals surface area contributed by atoms with E-state index in [0.29, 0.717) is 6.54 Å². The molecule has 1 heterocycles. The van der Waals surface area contributed by atoms with Crippen LogP contribution in [0.25, 0.3) is 0 Å². The Morgan fingerprint density at radius 1 is 1.89 bits per heavy atom. The number of carbonyl (C=O) groups is 1. The van der Waals surface area contributed by atoms with E-state index in [0.717, 1.165) is 0 Å². The fourth-order valence-electron chi connectivity index (χ4n) is 0.573. The molecule has 0 radical (unpaired) electrons. The van der Waals surface area contributed by atoms with Crippen molar-refractivity contribution in [3.8, 4) is 0 Å². The summed E-state index contributed by atoms with van der Waals surface area (Å²) < 4.78 is 4.82. The summed E-state index contributed by atoms with van der Waals surface area (Å²) in [7, 11) is 0. The van der Waals surface area contributed by atoms with Crippen molar-refractivity contribution in [1.82, 2.24) is 5.32 Å². The average Bonchev–Trinajstić information content (AvgIpc) is 1.90. The number of ether oxygens (including phenoxy) is 1. The Labute approximate surface area is 52.7 Å². The number of nitrogens with one attached hydrogen (secondary N) is 1. The van der Waals surface area contributed by atoms with Gasteiger partial charge in [0.15, 0.2) is 6.10 Å². The van der Waals surface area contributed by atoms with Crippen LogP contribution in [0.15, 0.2) is 12.5 Å². The molecule has 0 fully saturated rings. The average molecular weight is 128 g/mol. The van der Waals surface area contributed by atoms with Gasteiger partial charge in [-0.3, -0.25) is 4.79 Å². The Hall–Kier alpha value is -1.19. The molecule has 0 aromatic carbocycles. The minimum Gasteiger partial charge on any atom is -0.485 e. The summed E-state index contributed by atoms with van der Waals surface area (Å²) in [5, 5.41) is 2.81. The van der Waals surface area contributed by atoms with Crippen molar-refractivity contribution in [1.29, 1.82) is 0 Å². The molecule has 4 nitrogen and oxygen atoms in total. The Bertz CT molecular complexity index is 144. The minimum absolute atomic E-state index is 0.438. The minimum atomic E-state index is -0.505. The smallest absolute Gasteiger partial charge is 0.260 e. The third-order valence-corrected chi connectivity index (χ3v) is 1.05. The summed E-state index contributed by atoms with van der Waals surface area (Å²) in [6.45, 7) is 0.464. The third kappa shape index (κ3) is 1.35. The first-order valence-corrected chi connectivity index (χ1v) is 2.64.